The third-order valence-electron chi connectivity index (χ3n) is 2.05. The Morgan fingerprint density at radius 2 is 1.94 bits per heavy atom. The van der Waals surface area contributed by atoms with E-state index in [1.165, 1.54) is 13.1 Å². The van der Waals surface area contributed by atoms with Crippen molar-refractivity contribution in [2.24, 2.45) is 0 Å². The van der Waals surface area contributed by atoms with Crippen molar-refractivity contribution in [1.29, 1.82) is 0 Å². The average molecular weight is 268 g/mol. The van der Waals surface area contributed by atoms with E-state index in [1.54, 1.807) is 0 Å². The molecule has 8 heteroatoms. The Morgan fingerprint density at radius 1 is 1.35 bits per heavy atom. The molecular formula is C9H11F3N2O2S. The van der Waals surface area contributed by atoms with Crippen LogP contribution in [0.4, 0.5) is 18.9 Å². The number of sulfone groups is 1. The van der Waals surface area contributed by atoms with Gasteiger partial charge in [-0.25, -0.2) is 8.42 Å². The number of nitrogens with two attached hydrogens (primary N) is 1. The van der Waals surface area contributed by atoms with Crippen molar-refractivity contribution in [2.45, 2.75) is 16.9 Å². The van der Waals surface area contributed by atoms with Crippen LogP contribution in [0.1, 0.15) is 5.56 Å². The van der Waals surface area contributed by atoms with Crippen molar-refractivity contribution in [3.63, 3.8) is 0 Å². The maximum atomic E-state index is 12.4. The molecule has 0 aliphatic rings. The van der Waals surface area contributed by atoms with Crippen molar-refractivity contribution in [3.05, 3.63) is 23.8 Å². The highest BCUT2D eigenvalue weighted by molar-refractivity contribution is 7.92. The molecule has 0 spiro atoms. The molecule has 0 heterocycles. The highest BCUT2D eigenvalue weighted by Crippen LogP contribution is 2.32. The molecule has 4 nitrogen and oxygen atoms in total. The third kappa shape index (κ3) is 2.70. The van der Waals surface area contributed by atoms with E-state index in [4.69, 9.17) is 5.73 Å². The second-order valence-corrected chi connectivity index (χ2v) is 5.26. The van der Waals surface area contributed by atoms with Gasteiger partial charge in [0.05, 0.1) is 4.90 Å². The number of anilines is 1. The van der Waals surface area contributed by atoms with Crippen LogP contribution in [0.3, 0.4) is 0 Å². The molecule has 0 saturated carbocycles. The topological polar surface area (TPSA) is 72.2 Å². The van der Waals surface area contributed by atoms with Gasteiger partial charge >= 0.3 is 5.51 Å². The van der Waals surface area contributed by atoms with E-state index < -0.39 is 20.2 Å². The Bertz CT molecular complexity index is 511. The minimum absolute atomic E-state index is 0.00942. The van der Waals surface area contributed by atoms with Gasteiger partial charge < -0.3 is 11.1 Å². The minimum Gasteiger partial charge on any atom is -0.399 e. The van der Waals surface area contributed by atoms with Crippen LogP contribution < -0.4 is 11.1 Å². The summed E-state index contributed by atoms with van der Waals surface area (Å²) in [5, 5.41) is 2.59. The van der Waals surface area contributed by atoms with Crippen molar-refractivity contribution in [2.75, 3.05) is 12.8 Å². The third-order valence-corrected chi connectivity index (χ3v) is 3.63. The highest BCUT2D eigenvalue weighted by Gasteiger charge is 2.47. The molecule has 96 valence electrons. The first kappa shape index (κ1) is 13.8. The lowest BCUT2D eigenvalue weighted by Crippen LogP contribution is -2.25. The quantitative estimate of drug-likeness (QED) is 0.810. The average Bonchev–Trinajstić information content (AvgIpc) is 2.16. The van der Waals surface area contributed by atoms with Crippen LogP contribution in [-0.2, 0) is 16.4 Å². The van der Waals surface area contributed by atoms with Gasteiger partial charge in [0.15, 0.2) is 0 Å². The second-order valence-electron chi connectivity index (χ2n) is 3.35. The fraction of sp³-hybridized carbons (Fsp3) is 0.333. The first-order valence-corrected chi connectivity index (χ1v) is 6.03. The lowest BCUT2D eigenvalue weighted by molar-refractivity contribution is -0.0436. The largest absolute Gasteiger partial charge is 0.501 e. The Labute approximate surface area is 96.5 Å². The van der Waals surface area contributed by atoms with Crippen molar-refractivity contribution >= 4 is 15.5 Å². The summed E-state index contributed by atoms with van der Waals surface area (Å²) < 4.78 is 59.7. The lowest BCUT2D eigenvalue weighted by Gasteiger charge is -2.13. The van der Waals surface area contributed by atoms with E-state index in [9.17, 15) is 21.6 Å². The molecule has 0 fully saturated rings. The number of rotatable bonds is 3. The van der Waals surface area contributed by atoms with Crippen molar-refractivity contribution in [3.8, 4) is 0 Å². The van der Waals surface area contributed by atoms with E-state index in [0.29, 0.717) is 0 Å². The molecule has 0 radical (unpaired) electrons. The Hall–Kier alpha value is -1.28. The van der Waals surface area contributed by atoms with Gasteiger partial charge in [-0.2, -0.15) is 13.2 Å². The normalized spacial score (nSPS) is 12.7. The summed E-state index contributed by atoms with van der Waals surface area (Å²) in [4.78, 5) is -0.770. The van der Waals surface area contributed by atoms with Gasteiger partial charge in [-0.05, 0) is 30.8 Å². The SMILES string of the molecule is CNCc1cc(N)ccc1S(=O)(=O)C(F)(F)F. The number of alkyl halides is 3. The molecule has 0 bridgehead atoms. The molecule has 0 amide bonds. The number of nitrogen functional groups attached to an aromatic ring is 1. The van der Waals surface area contributed by atoms with Gasteiger partial charge in [-0.15, -0.1) is 0 Å². The molecule has 0 aromatic heterocycles. The molecule has 1 rings (SSSR count). The number of hydrogen-bond donors (Lipinski definition) is 2. The Morgan fingerprint density at radius 3 is 2.41 bits per heavy atom. The molecule has 17 heavy (non-hydrogen) atoms. The van der Waals surface area contributed by atoms with Crippen molar-refractivity contribution in [1.82, 2.24) is 5.32 Å². The minimum atomic E-state index is -5.34. The molecular weight excluding hydrogens is 257 g/mol. The summed E-state index contributed by atoms with van der Waals surface area (Å²) in [7, 11) is -3.85. The zero-order valence-corrected chi connectivity index (χ0v) is 9.69. The van der Waals surface area contributed by atoms with Gasteiger partial charge in [0.25, 0.3) is 9.84 Å². The summed E-state index contributed by atoms with van der Waals surface area (Å²) in [6, 6.07) is 3.19. The molecule has 0 aliphatic carbocycles. The first-order chi connectivity index (χ1) is 7.70. The standard InChI is InChI=1S/C9H11F3N2O2S/c1-14-5-6-4-7(13)2-3-8(6)17(15,16)9(10,11)12/h2-4,14H,5,13H2,1H3. The predicted octanol–water partition coefficient (Wildman–Crippen LogP) is 1.28. The van der Waals surface area contributed by atoms with Crippen LogP contribution in [0, 0.1) is 0 Å². The summed E-state index contributed by atoms with van der Waals surface area (Å²) in [6.45, 7) is -0.0182. The first-order valence-electron chi connectivity index (χ1n) is 4.54. The lowest BCUT2D eigenvalue weighted by atomic mass is 10.2. The molecule has 0 saturated heterocycles. The van der Waals surface area contributed by atoms with Gasteiger partial charge in [0, 0.05) is 12.2 Å². The van der Waals surface area contributed by atoms with Crippen LogP contribution >= 0.6 is 0 Å². The van der Waals surface area contributed by atoms with Crippen LogP contribution in [0.25, 0.3) is 0 Å². The zero-order valence-electron chi connectivity index (χ0n) is 8.88. The number of nitrogens with one attached hydrogen (secondary N) is 1. The van der Waals surface area contributed by atoms with E-state index >= 15 is 0 Å². The predicted molar refractivity (Wildman–Crippen MR) is 56.9 cm³/mol. The molecule has 3 N–H and O–H groups in total. The van der Waals surface area contributed by atoms with Gasteiger partial charge in [-0.1, -0.05) is 0 Å². The fourth-order valence-corrected chi connectivity index (χ4v) is 2.29. The van der Waals surface area contributed by atoms with E-state index in [1.807, 2.05) is 0 Å². The molecule has 0 unspecified atom stereocenters. The Balaban J connectivity index is 3.41. The number of benzene rings is 1. The maximum absolute atomic E-state index is 12.4. The molecule has 0 aliphatic heterocycles. The van der Waals surface area contributed by atoms with Crippen LogP contribution in [-0.4, -0.2) is 21.0 Å². The Kier molecular flexibility index (Phi) is 3.68. The molecule has 1 aromatic rings. The monoisotopic (exact) mass is 268 g/mol. The van der Waals surface area contributed by atoms with Crippen molar-refractivity contribution < 1.29 is 21.6 Å². The smallest absolute Gasteiger partial charge is 0.399 e. The number of hydrogen-bond acceptors (Lipinski definition) is 4. The fourth-order valence-electron chi connectivity index (χ4n) is 1.31. The maximum Gasteiger partial charge on any atom is 0.501 e. The van der Waals surface area contributed by atoms with Gasteiger partial charge in [-0.3, -0.25) is 0 Å². The summed E-state index contributed by atoms with van der Waals surface area (Å²) >= 11 is 0. The molecule has 1 aromatic carbocycles. The molecule has 0 atom stereocenters. The summed E-state index contributed by atoms with van der Waals surface area (Å²) in [5.41, 5.74) is 0.288. The summed E-state index contributed by atoms with van der Waals surface area (Å²) in [6.07, 6.45) is 0. The van der Waals surface area contributed by atoms with Crippen LogP contribution in [0.2, 0.25) is 0 Å². The summed E-state index contributed by atoms with van der Waals surface area (Å²) in [5.74, 6) is 0. The second kappa shape index (κ2) is 4.53. The van der Waals surface area contributed by atoms with Gasteiger partial charge in [0.1, 0.15) is 0 Å². The van der Waals surface area contributed by atoms with Gasteiger partial charge in [0.2, 0.25) is 0 Å². The van der Waals surface area contributed by atoms with E-state index in [2.05, 4.69) is 5.32 Å². The zero-order chi connectivity index (χ0) is 13.3. The van der Waals surface area contributed by atoms with Crippen LogP contribution in [0.5, 0.6) is 0 Å². The van der Waals surface area contributed by atoms with E-state index in [0.717, 1.165) is 12.1 Å². The highest BCUT2D eigenvalue weighted by atomic mass is 32.2. The number of halogens is 3. The van der Waals surface area contributed by atoms with Crippen LogP contribution in [0.15, 0.2) is 23.1 Å². The van der Waals surface area contributed by atoms with E-state index in [-0.39, 0.29) is 17.8 Å².